The van der Waals surface area contributed by atoms with Gasteiger partial charge in [-0.05, 0) is 31.9 Å². The maximum atomic E-state index is 12.9. The van der Waals surface area contributed by atoms with Crippen molar-refractivity contribution < 1.29 is 0 Å². The molecule has 0 bridgehead atoms. The second kappa shape index (κ2) is 5.82. The van der Waals surface area contributed by atoms with Crippen LogP contribution in [0.25, 0.3) is 16.9 Å². The Hall–Kier alpha value is -2.90. The number of aromatic nitrogens is 7. The summed E-state index contributed by atoms with van der Waals surface area (Å²) in [5.74, 6) is 2.54. The molecule has 5 rings (SSSR count). The first-order valence-electron chi connectivity index (χ1n) is 9.23. The van der Waals surface area contributed by atoms with Crippen LogP contribution >= 0.6 is 0 Å². The minimum atomic E-state index is -0.0772. The van der Waals surface area contributed by atoms with Gasteiger partial charge in [0.15, 0.2) is 17.0 Å². The smallest absolute Gasteiger partial charge is 0.281 e. The van der Waals surface area contributed by atoms with E-state index in [-0.39, 0.29) is 5.56 Å². The molecule has 1 fully saturated rings. The van der Waals surface area contributed by atoms with Crippen LogP contribution in [0.5, 0.6) is 0 Å². The van der Waals surface area contributed by atoms with E-state index >= 15 is 0 Å². The lowest BCUT2D eigenvalue weighted by Gasteiger charge is -2.02. The average molecular weight is 351 g/mol. The fourth-order valence-corrected chi connectivity index (χ4v) is 3.96. The predicted molar refractivity (Wildman–Crippen MR) is 97.3 cm³/mol. The standard InChI is InChI=1S/C18H21N7O/c1-2-24-17(26)14-16(21-15(20-14)12-7-3-4-8-12)25-18(24)19-13(22-25)11-23-9-5-6-10-23/h5-6,9-10,12H,2-4,7-8,11H2,1H3,(H,20,21). The molecule has 8 nitrogen and oxygen atoms in total. The van der Waals surface area contributed by atoms with Crippen molar-refractivity contribution in [1.82, 2.24) is 33.7 Å². The summed E-state index contributed by atoms with van der Waals surface area (Å²) >= 11 is 0. The van der Waals surface area contributed by atoms with Crippen LogP contribution < -0.4 is 5.56 Å². The molecule has 1 saturated carbocycles. The monoisotopic (exact) mass is 351 g/mol. The van der Waals surface area contributed by atoms with E-state index in [2.05, 4.69) is 15.1 Å². The molecule has 134 valence electrons. The maximum Gasteiger partial charge on any atom is 0.281 e. The normalized spacial score (nSPS) is 15.6. The number of hydrogen-bond acceptors (Lipinski definition) is 4. The number of rotatable bonds is 4. The van der Waals surface area contributed by atoms with E-state index in [1.165, 1.54) is 12.8 Å². The number of imidazole rings is 1. The van der Waals surface area contributed by atoms with Gasteiger partial charge in [0.05, 0.1) is 6.54 Å². The van der Waals surface area contributed by atoms with Gasteiger partial charge in [-0.2, -0.15) is 9.50 Å². The first-order valence-corrected chi connectivity index (χ1v) is 9.23. The van der Waals surface area contributed by atoms with Gasteiger partial charge in [0.2, 0.25) is 5.78 Å². The number of aryl methyl sites for hydroxylation is 1. The van der Waals surface area contributed by atoms with E-state index in [9.17, 15) is 4.79 Å². The Balaban J connectivity index is 1.71. The Morgan fingerprint density at radius 3 is 2.69 bits per heavy atom. The summed E-state index contributed by atoms with van der Waals surface area (Å²) in [5.41, 5.74) is 1.04. The van der Waals surface area contributed by atoms with Crippen LogP contribution in [0.15, 0.2) is 29.3 Å². The van der Waals surface area contributed by atoms with Crippen LogP contribution in [0.4, 0.5) is 0 Å². The fraction of sp³-hybridized carbons (Fsp3) is 0.444. The van der Waals surface area contributed by atoms with Crippen LogP contribution in [-0.2, 0) is 13.1 Å². The number of fused-ring (bicyclic) bond motifs is 3. The van der Waals surface area contributed by atoms with E-state index in [1.807, 2.05) is 36.0 Å². The number of aromatic amines is 1. The summed E-state index contributed by atoms with van der Waals surface area (Å²) in [6.45, 7) is 3.05. The van der Waals surface area contributed by atoms with E-state index in [1.54, 1.807) is 9.08 Å². The summed E-state index contributed by atoms with van der Waals surface area (Å²) in [6, 6.07) is 3.94. The highest BCUT2D eigenvalue weighted by molar-refractivity contribution is 5.72. The molecule has 0 unspecified atom stereocenters. The molecule has 4 heterocycles. The molecule has 1 N–H and O–H groups in total. The van der Waals surface area contributed by atoms with Crippen molar-refractivity contribution in [2.75, 3.05) is 0 Å². The molecule has 8 heteroatoms. The predicted octanol–water partition coefficient (Wildman–Crippen LogP) is 2.29. The van der Waals surface area contributed by atoms with Gasteiger partial charge in [-0.15, -0.1) is 5.10 Å². The van der Waals surface area contributed by atoms with Crippen molar-refractivity contribution in [2.24, 2.45) is 0 Å². The molecule has 1 aliphatic carbocycles. The molecule has 0 radical (unpaired) electrons. The summed E-state index contributed by atoms with van der Waals surface area (Å²) in [5, 5.41) is 4.65. The minimum Gasteiger partial charge on any atom is -0.347 e. The third-order valence-corrected chi connectivity index (χ3v) is 5.29. The zero-order valence-electron chi connectivity index (χ0n) is 14.7. The Morgan fingerprint density at radius 1 is 1.19 bits per heavy atom. The zero-order chi connectivity index (χ0) is 17.7. The molecule has 0 spiro atoms. The molecule has 0 saturated heterocycles. The summed E-state index contributed by atoms with van der Waals surface area (Å²) in [4.78, 5) is 25.6. The largest absolute Gasteiger partial charge is 0.347 e. The highest BCUT2D eigenvalue weighted by Crippen LogP contribution is 2.33. The Labute approximate surface area is 149 Å². The van der Waals surface area contributed by atoms with Crippen molar-refractivity contribution in [3.8, 4) is 0 Å². The van der Waals surface area contributed by atoms with Crippen LogP contribution in [0.2, 0.25) is 0 Å². The van der Waals surface area contributed by atoms with E-state index in [0.29, 0.717) is 41.8 Å². The van der Waals surface area contributed by atoms with Gasteiger partial charge in [-0.25, -0.2) is 4.98 Å². The summed E-state index contributed by atoms with van der Waals surface area (Å²) < 4.78 is 5.38. The second-order valence-electron chi connectivity index (χ2n) is 6.95. The minimum absolute atomic E-state index is 0.0772. The molecule has 0 amide bonds. The van der Waals surface area contributed by atoms with Gasteiger partial charge in [-0.3, -0.25) is 9.36 Å². The number of hydrogen-bond donors (Lipinski definition) is 1. The van der Waals surface area contributed by atoms with E-state index in [0.717, 1.165) is 18.7 Å². The van der Waals surface area contributed by atoms with Crippen LogP contribution in [0, 0.1) is 0 Å². The lowest BCUT2D eigenvalue weighted by atomic mass is 10.1. The molecule has 1 aliphatic rings. The zero-order valence-corrected chi connectivity index (χ0v) is 14.7. The highest BCUT2D eigenvalue weighted by Gasteiger charge is 2.24. The third kappa shape index (κ3) is 2.28. The van der Waals surface area contributed by atoms with Crippen LogP contribution in [0.1, 0.15) is 50.2 Å². The number of nitrogens with one attached hydrogen (secondary N) is 1. The van der Waals surface area contributed by atoms with Crippen LogP contribution in [-0.4, -0.2) is 33.7 Å². The molecular weight excluding hydrogens is 330 g/mol. The quantitative estimate of drug-likeness (QED) is 0.611. The SMILES string of the molecule is CCn1c(=O)c2[nH]c(C3CCCC3)nc2n2nc(Cn3cccc3)nc12. The Kier molecular flexibility index (Phi) is 3.44. The van der Waals surface area contributed by atoms with Gasteiger partial charge in [0.1, 0.15) is 5.82 Å². The third-order valence-electron chi connectivity index (χ3n) is 5.29. The molecule has 0 atom stereocenters. The van der Waals surface area contributed by atoms with Crippen molar-refractivity contribution in [2.45, 2.75) is 51.6 Å². The van der Waals surface area contributed by atoms with Crippen molar-refractivity contribution in [3.63, 3.8) is 0 Å². The summed E-state index contributed by atoms with van der Waals surface area (Å²) in [6.07, 6.45) is 8.64. The van der Waals surface area contributed by atoms with Crippen molar-refractivity contribution in [1.29, 1.82) is 0 Å². The molecule has 4 aromatic heterocycles. The first kappa shape index (κ1) is 15.4. The topological polar surface area (TPSA) is 85.8 Å². The lowest BCUT2D eigenvalue weighted by molar-refractivity contribution is 0.680. The van der Waals surface area contributed by atoms with Gasteiger partial charge in [0, 0.05) is 24.9 Å². The van der Waals surface area contributed by atoms with Gasteiger partial charge < -0.3 is 9.55 Å². The van der Waals surface area contributed by atoms with E-state index < -0.39 is 0 Å². The molecule has 0 aromatic carbocycles. The van der Waals surface area contributed by atoms with Crippen molar-refractivity contribution in [3.05, 3.63) is 46.5 Å². The maximum absolute atomic E-state index is 12.9. The van der Waals surface area contributed by atoms with E-state index in [4.69, 9.17) is 4.98 Å². The highest BCUT2D eigenvalue weighted by atomic mass is 16.1. The molecular formula is C18H21N7O. The fourth-order valence-electron chi connectivity index (χ4n) is 3.96. The Bertz CT molecular complexity index is 1130. The number of H-pyrrole nitrogens is 1. The van der Waals surface area contributed by atoms with Crippen molar-refractivity contribution >= 4 is 16.9 Å². The molecule has 26 heavy (non-hydrogen) atoms. The average Bonchev–Trinajstić information content (AvgIpc) is 3.41. The first-order chi connectivity index (χ1) is 12.7. The summed E-state index contributed by atoms with van der Waals surface area (Å²) in [7, 11) is 0. The molecule has 4 aromatic rings. The van der Waals surface area contributed by atoms with Gasteiger partial charge >= 0.3 is 0 Å². The second-order valence-corrected chi connectivity index (χ2v) is 6.95. The van der Waals surface area contributed by atoms with Gasteiger partial charge in [0.25, 0.3) is 5.56 Å². The number of nitrogens with zero attached hydrogens (tertiary/aromatic N) is 6. The van der Waals surface area contributed by atoms with Crippen LogP contribution in [0.3, 0.4) is 0 Å². The Morgan fingerprint density at radius 2 is 1.96 bits per heavy atom. The molecule has 0 aliphatic heterocycles. The lowest BCUT2D eigenvalue weighted by Crippen LogP contribution is -2.22. The van der Waals surface area contributed by atoms with Gasteiger partial charge in [-0.1, -0.05) is 12.8 Å².